The Hall–Kier alpha value is -4.62. The van der Waals surface area contributed by atoms with Gasteiger partial charge in [-0.3, -0.25) is 19.1 Å². The molecule has 2 fully saturated rings. The first-order chi connectivity index (χ1) is 21.0. The molecular formula is C33H32N6O3S. The van der Waals surface area contributed by atoms with Gasteiger partial charge in [0.05, 0.1) is 29.2 Å². The van der Waals surface area contributed by atoms with E-state index in [1.165, 1.54) is 0 Å². The van der Waals surface area contributed by atoms with Crippen molar-refractivity contribution in [1.82, 2.24) is 25.5 Å². The van der Waals surface area contributed by atoms with Crippen molar-refractivity contribution in [2.75, 3.05) is 12.3 Å². The van der Waals surface area contributed by atoms with E-state index in [1.807, 2.05) is 66.4 Å². The van der Waals surface area contributed by atoms with E-state index in [0.29, 0.717) is 22.8 Å². The molecule has 2 aliphatic heterocycles. The highest BCUT2D eigenvalue weighted by Gasteiger charge is 2.42. The summed E-state index contributed by atoms with van der Waals surface area (Å²) < 4.78 is 1.58. The second-order valence-electron chi connectivity index (χ2n) is 10.9. The first-order valence-corrected chi connectivity index (χ1v) is 15.6. The number of para-hydroxylation sites is 1. The van der Waals surface area contributed by atoms with Crippen LogP contribution in [-0.4, -0.2) is 57.0 Å². The van der Waals surface area contributed by atoms with Gasteiger partial charge in [0.1, 0.15) is 0 Å². The minimum atomic E-state index is -0.156. The average molecular weight is 593 g/mol. The summed E-state index contributed by atoms with van der Waals surface area (Å²) in [5.74, 6) is 0.701. The topological polar surface area (TPSA) is 129 Å². The number of unbranched alkanes of at least 4 members (excludes halogenated alkanes) is 1. The number of hydrogen-bond donors (Lipinski definition) is 3. The molecule has 218 valence electrons. The van der Waals surface area contributed by atoms with Crippen LogP contribution in [0.4, 0.5) is 4.79 Å². The predicted molar refractivity (Wildman–Crippen MR) is 169 cm³/mol. The van der Waals surface area contributed by atoms with Gasteiger partial charge < -0.3 is 16.0 Å². The molecule has 3 N–H and O–H groups in total. The SMILES string of the molecule is N#C/C(=C\c1cccc2cnccc12)c1cn(C(=O)CCNC(=O)CCCC[C@H]2SC[C@H]3NC(=O)N[C@H]32)c2ccccc12. The zero-order chi connectivity index (χ0) is 29.8. The van der Waals surface area contributed by atoms with Crippen molar-refractivity contribution < 1.29 is 14.4 Å². The van der Waals surface area contributed by atoms with Gasteiger partial charge >= 0.3 is 6.03 Å². The normalized spacial score (nSPS) is 19.6. The molecule has 3 atom stereocenters. The van der Waals surface area contributed by atoms with Gasteiger partial charge in [-0.05, 0) is 42.0 Å². The van der Waals surface area contributed by atoms with Crippen LogP contribution < -0.4 is 16.0 Å². The standard InChI is InChI=1S/C33H32N6O3S/c34-17-23(16-21-6-5-7-22-18-35-14-12-24(21)22)26-19-39(28-9-2-1-8-25(26)28)31(41)13-15-36-30(40)11-4-3-10-29-32-27(20-43-29)37-33(42)38-32/h1-2,5-9,12,14,16,18-19,27,29,32H,3-4,10-11,13,15,20H2,(H,36,40)(H2,37,38,42)/b23-16+/t27-,29-,32-/m1/s1. The van der Waals surface area contributed by atoms with Crippen molar-refractivity contribution in [3.05, 3.63) is 78.2 Å². The lowest BCUT2D eigenvalue weighted by Crippen LogP contribution is -2.36. The number of rotatable bonds is 10. The largest absolute Gasteiger partial charge is 0.356 e. The van der Waals surface area contributed by atoms with Crippen LogP contribution in [0.1, 0.15) is 48.0 Å². The zero-order valence-electron chi connectivity index (χ0n) is 23.6. The molecule has 0 aliphatic carbocycles. The molecule has 43 heavy (non-hydrogen) atoms. The van der Waals surface area contributed by atoms with E-state index in [2.05, 4.69) is 27.0 Å². The highest BCUT2D eigenvalue weighted by atomic mass is 32.2. The monoisotopic (exact) mass is 592 g/mol. The van der Waals surface area contributed by atoms with Crippen molar-refractivity contribution in [2.45, 2.75) is 49.4 Å². The second kappa shape index (κ2) is 12.7. The summed E-state index contributed by atoms with van der Waals surface area (Å²) >= 11 is 1.88. The van der Waals surface area contributed by atoms with Gasteiger partial charge in [-0.15, -0.1) is 0 Å². The second-order valence-corrected chi connectivity index (χ2v) is 12.2. The lowest BCUT2D eigenvalue weighted by molar-refractivity contribution is -0.121. The van der Waals surface area contributed by atoms with Crippen LogP contribution in [0.5, 0.6) is 0 Å². The van der Waals surface area contributed by atoms with Gasteiger partial charge in [0.2, 0.25) is 11.8 Å². The average Bonchev–Trinajstić information content (AvgIpc) is 3.71. The first kappa shape index (κ1) is 28.5. The molecule has 0 radical (unpaired) electrons. The molecule has 0 unspecified atom stereocenters. The highest BCUT2D eigenvalue weighted by Crippen LogP contribution is 2.33. The summed E-state index contributed by atoms with van der Waals surface area (Å²) in [5, 5.41) is 22.1. The molecule has 0 spiro atoms. The number of fused-ring (bicyclic) bond motifs is 3. The molecule has 6 rings (SSSR count). The van der Waals surface area contributed by atoms with Crippen molar-refractivity contribution in [3.63, 3.8) is 0 Å². The number of thioether (sulfide) groups is 1. The highest BCUT2D eigenvalue weighted by molar-refractivity contribution is 8.00. The van der Waals surface area contributed by atoms with Crippen molar-refractivity contribution in [3.8, 4) is 6.07 Å². The lowest BCUT2D eigenvalue weighted by atomic mass is 10.00. The van der Waals surface area contributed by atoms with E-state index < -0.39 is 0 Å². The van der Waals surface area contributed by atoms with Gasteiger partial charge in [0, 0.05) is 65.3 Å². The fourth-order valence-corrected chi connectivity index (χ4v) is 7.54. The first-order valence-electron chi connectivity index (χ1n) is 14.6. The van der Waals surface area contributed by atoms with Gasteiger partial charge in [-0.25, -0.2) is 4.79 Å². The third kappa shape index (κ3) is 6.13. The summed E-state index contributed by atoms with van der Waals surface area (Å²) in [6.45, 7) is 0.241. The number of pyridine rings is 1. The number of urea groups is 1. The van der Waals surface area contributed by atoms with E-state index in [-0.39, 0.29) is 42.9 Å². The Kier molecular flexibility index (Phi) is 8.43. The summed E-state index contributed by atoms with van der Waals surface area (Å²) in [4.78, 5) is 41.5. The smallest absolute Gasteiger partial charge is 0.315 e. The number of aromatic nitrogens is 2. The molecule has 2 aromatic carbocycles. The van der Waals surface area contributed by atoms with Crippen LogP contribution in [0.2, 0.25) is 0 Å². The van der Waals surface area contributed by atoms with Crippen molar-refractivity contribution in [1.29, 1.82) is 5.26 Å². The van der Waals surface area contributed by atoms with E-state index in [1.54, 1.807) is 23.2 Å². The molecular weight excluding hydrogens is 560 g/mol. The van der Waals surface area contributed by atoms with Gasteiger partial charge in [-0.2, -0.15) is 17.0 Å². The number of nitrogens with zero attached hydrogens (tertiary/aromatic N) is 3. The molecule has 4 aromatic rings. The summed E-state index contributed by atoms with van der Waals surface area (Å²) in [7, 11) is 0. The number of carbonyl (C=O) groups excluding carboxylic acids is 3. The molecule has 4 heterocycles. The molecule has 0 saturated carbocycles. The number of nitrogens with one attached hydrogen (secondary N) is 3. The number of amides is 3. The van der Waals surface area contributed by atoms with E-state index >= 15 is 0 Å². The van der Waals surface area contributed by atoms with Crippen molar-refractivity contribution >= 4 is 62.9 Å². The lowest BCUT2D eigenvalue weighted by Gasteiger charge is -2.16. The molecule has 3 amide bonds. The van der Waals surface area contributed by atoms with E-state index in [9.17, 15) is 19.6 Å². The predicted octanol–water partition coefficient (Wildman–Crippen LogP) is 5.13. The maximum Gasteiger partial charge on any atom is 0.315 e. The Morgan fingerprint density at radius 1 is 1.09 bits per heavy atom. The Labute approximate surface area is 253 Å². The molecule has 10 heteroatoms. The minimum Gasteiger partial charge on any atom is -0.356 e. The summed E-state index contributed by atoms with van der Waals surface area (Å²) in [5.41, 5.74) is 2.76. The third-order valence-electron chi connectivity index (χ3n) is 8.15. The van der Waals surface area contributed by atoms with Crippen LogP contribution in [0.3, 0.4) is 0 Å². The van der Waals surface area contributed by atoms with Gasteiger partial charge in [0.15, 0.2) is 0 Å². The van der Waals surface area contributed by atoms with Gasteiger partial charge in [0.25, 0.3) is 0 Å². The zero-order valence-corrected chi connectivity index (χ0v) is 24.4. The van der Waals surface area contributed by atoms with Crippen LogP contribution in [0.25, 0.3) is 33.3 Å². The Balaban J connectivity index is 1.06. The fraction of sp³-hybridized carbons (Fsp3) is 0.303. The number of carbonyl (C=O) groups is 3. The molecule has 0 bridgehead atoms. The van der Waals surface area contributed by atoms with E-state index in [4.69, 9.17) is 0 Å². The number of benzene rings is 2. The minimum absolute atomic E-state index is 0.0707. The Morgan fingerprint density at radius 2 is 1.98 bits per heavy atom. The van der Waals surface area contributed by atoms with Crippen LogP contribution in [0, 0.1) is 11.3 Å². The quantitative estimate of drug-likeness (QED) is 0.133. The maximum atomic E-state index is 13.3. The molecule has 2 aliphatic rings. The maximum absolute atomic E-state index is 13.3. The number of nitriles is 1. The molecule has 2 saturated heterocycles. The Morgan fingerprint density at radius 3 is 2.86 bits per heavy atom. The Bertz CT molecular complexity index is 1770. The van der Waals surface area contributed by atoms with Crippen molar-refractivity contribution in [2.24, 2.45) is 0 Å². The fourth-order valence-electron chi connectivity index (χ4n) is 5.99. The third-order valence-corrected chi connectivity index (χ3v) is 9.66. The van der Waals surface area contributed by atoms with Crippen LogP contribution in [-0.2, 0) is 4.79 Å². The van der Waals surface area contributed by atoms with E-state index in [0.717, 1.165) is 52.3 Å². The van der Waals surface area contributed by atoms with Crippen LogP contribution in [0.15, 0.2) is 67.1 Å². The van der Waals surface area contributed by atoms with Crippen LogP contribution >= 0.6 is 11.8 Å². The molecule has 9 nitrogen and oxygen atoms in total. The number of hydrogen-bond acceptors (Lipinski definition) is 6. The molecule has 2 aromatic heterocycles. The number of allylic oxidation sites excluding steroid dienone is 1. The van der Waals surface area contributed by atoms with Gasteiger partial charge in [-0.1, -0.05) is 42.8 Å². The summed E-state index contributed by atoms with van der Waals surface area (Å²) in [6.07, 6.45) is 10.3. The summed E-state index contributed by atoms with van der Waals surface area (Å²) in [6, 6.07) is 18.0.